The van der Waals surface area contributed by atoms with Crippen LogP contribution in [0.3, 0.4) is 0 Å². The number of hydrogen-bond acceptors (Lipinski definition) is 7. The quantitative estimate of drug-likeness (QED) is 0.127. The molecule has 98 valence electrons. The molecule has 0 rings (SSSR count). The molecule has 0 radical (unpaired) electrons. The van der Waals surface area contributed by atoms with E-state index in [1.807, 2.05) is 0 Å². The number of imide groups is 1. The molecule has 0 aliphatic rings. The highest BCUT2D eigenvalue weighted by molar-refractivity contribution is 6.08. The van der Waals surface area contributed by atoms with Gasteiger partial charge in [0, 0.05) is 21.1 Å². The van der Waals surface area contributed by atoms with Crippen molar-refractivity contribution in [2.24, 2.45) is 10.9 Å². The van der Waals surface area contributed by atoms with Gasteiger partial charge in [0.2, 0.25) is 5.96 Å². The Balaban J connectivity index is 5.32. The Bertz CT molecular complexity index is 317. The van der Waals surface area contributed by atoms with E-state index in [0.717, 1.165) is 0 Å². The number of nitrogens with one attached hydrogen (secondary N) is 2. The first-order chi connectivity index (χ1) is 7.84. The third kappa shape index (κ3) is 4.10. The van der Waals surface area contributed by atoms with Crippen LogP contribution in [0, 0.1) is 0 Å². The van der Waals surface area contributed by atoms with Gasteiger partial charge in [0.05, 0.1) is 0 Å². The van der Waals surface area contributed by atoms with E-state index in [1.54, 1.807) is 0 Å². The van der Waals surface area contributed by atoms with Crippen molar-refractivity contribution in [3.63, 3.8) is 0 Å². The van der Waals surface area contributed by atoms with Gasteiger partial charge >= 0.3 is 12.1 Å². The minimum absolute atomic E-state index is 0.178. The topological polar surface area (TPSA) is 147 Å². The van der Waals surface area contributed by atoms with Crippen LogP contribution in [0.25, 0.3) is 0 Å². The van der Waals surface area contributed by atoms with E-state index in [1.165, 1.54) is 31.5 Å². The number of nitrogens with zero attached hydrogens (tertiary/aromatic N) is 4. The monoisotopic (exact) mass is 249 g/mol. The van der Waals surface area contributed by atoms with Crippen LogP contribution in [0.15, 0.2) is 5.10 Å². The molecule has 0 bridgehead atoms. The summed E-state index contributed by atoms with van der Waals surface area (Å²) in [7, 11) is 4.33. The van der Waals surface area contributed by atoms with Gasteiger partial charge in [0.1, 0.15) is 0 Å². The molecule has 6 N–H and O–H groups in total. The van der Waals surface area contributed by atoms with E-state index >= 15 is 0 Å². The summed E-state index contributed by atoms with van der Waals surface area (Å²) in [5, 5.41) is 21.6. The Morgan fingerprint density at radius 1 is 1.35 bits per heavy atom. The zero-order chi connectivity index (χ0) is 13.6. The molecule has 0 fully saturated rings. The summed E-state index contributed by atoms with van der Waals surface area (Å²) in [6, 6.07) is -1.28. The van der Waals surface area contributed by atoms with Gasteiger partial charge in [-0.2, -0.15) is 10.1 Å². The van der Waals surface area contributed by atoms with Crippen LogP contribution in [0.1, 0.15) is 0 Å². The number of hydroxylamine groups is 1. The second-order valence-electron chi connectivity index (χ2n) is 2.90. The number of carbonyl (C=O) groups excluding carboxylic acids is 1. The molecule has 0 aliphatic carbocycles. The molecule has 0 aromatic rings. The van der Waals surface area contributed by atoms with Crippen LogP contribution in [0.2, 0.25) is 0 Å². The lowest BCUT2D eigenvalue weighted by molar-refractivity contribution is 0.128. The summed E-state index contributed by atoms with van der Waals surface area (Å²) >= 11 is 0. The van der Waals surface area contributed by atoms with Gasteiger partial charge in [0.25, 0.3) is 0 Å². The fraction of sp³-hybridized carbons (Fsp3) is 0.500. The number of carboxylic acid groups (broad SMARTS) is 1. The SMILES string of the molecule is CNN(N)N=C(N(C)C)N(C(=O)O)C(=O)NO. The minimum atomic E-state index is -1.63. The molecule has 0 heterocycles. The molecule has 0 atom stereocenters. The van der Waals surface area contributed by atoms with E-state index in [9.17, 15) is 9.59 Å². The number of hydrazone groups is 1. The Hall–Kier alpha value is -2.11. The zero-order valence-corrected chi connectivity index (χ0v) is 9.58. The van der Waals surface area contributed by atoms with E-state index < -0.39 is 12.1 Å². The first kappa shape index (κ1) is 14.9. The van der Waals surface area contributed by atoms with Gasteiger partial charge in [-0.1, -0.05) is 0 Å². The van der Waals surface area contributed by atoms with Gasteiger partial charge < -0.3 is 10.0 Å². The smallest absolute Gasteiger partial charge is 0.422 e. The Morgan fingerprint density at radius 2 is 1.88 bits per heavy atom. The van der Waals surface area contributed by atoms with Crippen molar-refractivity contribution >= 4 is 18.1 Å². The summed E-state index contributed by atoms with van der Waals surface area (Å²) in [5.41, 5.74) is 3.58. The van der Waals surface area contributed by atoms with Crippen LogP contribution in [-0.4, -0.2) is 64.6 Å². The van der Waals surface area contributed by atoms with Crippen LogP contribution >= 0.6 is 0 Å². The number of carbonyl (C=O) groups is 2. The third-order valence-corrected chi connectivity index (χ3v) is 1.52. The summed E-state index contributed by atoms with van der Waals surface area (Å²) < 4.78 is 0. The molecule has 11 heteroatoms. The second-order valence-corrected chi connectivity index (χ2v) is 2.90. The first-order valence-corrected chi connectivity index (χ1v) is 4.30. The van der Waals surface area contributed by atoms with E-state index in [4.69, 9.17) is 16.2 Å². The van der Waals surface area contributed by atoms with Crippen molar-refractivity contribution < 1.29 is 19.9 Å². The summed E-state index contributed by atoms with van der Waals surface area (Å²) in [6.07, 6.45) is -1.63. The van der Waals surface area contributed by atoms with Crippen molar-refractivity contribution in [1.29, 1.82) is 0 Å². The van der Waals surface area contributed by atoms with Crippen molar-refractivity contribution in [2.45, 2.75) is 0 Å². The maximum atomic E-state index is 11.2. The molecule has 0 aromatic carbocycles. The molecule has 3 amide bonds. The molecule has 11 nitrogen and oxygen atoms in total. The summed E-state index contributed by atoms with van der Waals surface area (Å²) in [4.78, 5) is 23.4. The van der Waals surface area contributed by atoms with Crippen LogP contribution < -0.4 is 16.7 Å². The van der Waals surface area contributed by atoms with E-state index in [-0.39, 0.29) is 10.9 Å². The fourth-order valence-corrected chi connectivity index (χ4v) is 0.794. The van der Waals surface area contributed by atoms with Crippen molar-refractivity contribution in [3.05, 3.63) is 0 Å². The molecule has 0 aromatic heterocycles. The lowest BCUT2D eigenvalue weighted by atomic mass is 10.6. The maximum Gasteiger partial charge on any atom is 0.422 e. The highest BCUT2D eigenvalue weighted by Gasteiger charge is 2.28. The number of amides is 3. The normalized spacial score (nSPS) is 10.8. The first-order valence-electron chi connectivity index (χ1n) is 4.30. The average Bonchev–Trinajstić information content (AvgIpc) is 2.26. The minimum Gasteiger partial charge on any atom is -0.464 e. The molecule has 0 aliphatic heterocycles. The zero-order valence-electron chi connectivity index (χ0n) is 9.58. The number of guanidine groups is 1. The number of rotatable bonds is 2. The predicted molar refractivity (Wildman–Crippen MR) is 56.4 cm³/mol. The second kappa shape index (κ2) is 6.47. The predicted octanol–water partition coefficient (Wildman–Crippen LogP) is -1.79. The van der Waals surface area contributed by atoms with Gasteiger partial charge in [-0.15, -0.1) is 5.10 Å². The Kier molecular flexibility index (Phi) is 5.66. The van der Waals surface area contributed by atoms with Crippen molar-refractivity contribution in [3.8, 4) is 0 Å². The number of hydrazine groups is 2. The largest absolute Gasteiger partial charge is 0.464 e. The fourth-order valence-electron chi connectivity index (χ4n) is 0.794. The van der Waals surface area contributed by atoms with E-state index in [0.29, 0.717) is 5.23 Å². The number of nitrogens with two attached hydrogens (primary N) is 1. The summed E-state index contributed by atoms with van der Waals surface area (Å²) in [5.74, 6) is 4.97. The molecular weight excluding hydrogens is 234 g/mol. The van der Waals surface area contributed by atoms with Crippen LogP contribution in [0.4, 0.5) is 9.59 Å². The molecule has 0 saturated heterocycles. The lowest BCUT2D eigenvalue weighted by Gasteiger charge is -2.24. The summed E-state index contributed by atoms with van der Waals surface area (Å²) in [6.45, 7) is 0. The van der Waals surface area contributed by atoms with E-state index in [2.05, 4.69) is 10.5 Å². The standard InChI is InChI=1S/C6H15N7O4/c1-8-13(7)9-4(11(2)3)12(6(15)16)5(14)10-17/h8,17H,7H2,1-3H3,(H,10,14)(H,15,16). The third-order valence-electron chi connectivity index (χ3n) is 1.52. The maximum absolute atomic E-state index is 11.2. The Labute approximate surface area is 97.0 Å². The highest BCUT2D eigenvalue weighted by Crippen LogP contribution is 1.98. The molecule has 0 unspecified atom stereocenters. The highest BCUT2D eigenvalue weighted by atomic mass is 16.5. The molecule has 17 heavy (non-hydrogen) atoms. The molecule has 0 saturated carbocycles. The van der Waals surface area contributed by atoms with Gasteiger partial charge in [0.15, 0.2) is 0 Å². The molecular formula is C6H15N7O4. The van der Waals surface area contributed by atoms with Crippen molar-refractivity contribution in [2.75, 3.05) is 21.1 Å². The number of urea groups is 1. The van der Waals surface area contributed by atoms with Gasteiger partial charge in [-0.3, -0.25) is 5.21 Å². The van der Waals surface area contributed by atoms with Crippen molar-refractivity contribution in [1.82, 2.24) is 25.9 Å². The van der Waals surface area contributed by atoms with Gasteiger partial charge in [-0.25, -0.2) is 26.3 Å². The number of hydrogen-bond donors (Lipinski definition) is 5. The average molecular weight is 249 g/mol. The van der Waals surface area contributed by atoms with Gasteiger partial charge in [-0.05, 0) is 0 Å². The molecule has 0 spiro atoms. The van der Waals surface area contributed by atoms with Crippen LogP contribution in [0.5, 0.6) is 0 Å². The van der Waals surface area contributed by atoms with Crippen LogP contribution in [-0.2, 0) is 0 Å². The lowest BCUT2D eigenvalue weighted by Crippen LogP contribution is -2.52. The Morgan fingerprint density at radius 3 is 2.18 bits per heavy atom.